The van der Waals surface area contributed by atoms with E-state index in [9.17, 15) is 9.59 Å². The summed E-state index contributed by atoms with van der Waals surface area (Å²) in [5.74, 6) is 0.0717. The number of carbonyl (C=O) groups excluding carboxylic acids is 1. The number of aromatic nitrogens is 3. The van der Waals surface area contributed by atoms with Crippen molar-refractivity contribution in [2.75, 3.05) is 12.4 Å². The van der Waals surface area contributed by atoms with Gasteiger partial charge in [0.05, 0.1) is 24.4 Å². The van der Waals surface area contributed by atoms with Gasteiger partial charge in [-0.1, -0.05) is 72.4 Å². The molecule has 0 saturated carbocycles. The maximum atomic E-state index is 12.8. The Kier molecular flexibility index (Phi) is 7.22. The molecule has 1 fully saturated rings. The number of benzene rings is 2. The number of nitrogens with zero attached hydrogens (tertiary/aromatic N) is 2. The molecule has 2 atom stereocenters. The quantitative estimate of drug-likeness (QED) is 0.502. The monoisotopic (exact) mass is 438 g/mol. The van der Waals surface area contributed by atoms with Gasteiger partial charge >= 0.3 is 5.69 Å². The maximum Gasteiger partial charge on any atom is 0.344 e. The highest BCUT2D eigenvalue weighted by Gasteiger charge is 2.21. The molecule has 1 aliphatic rings. The lowest BCUT2D eigenvalue weighted by Gasteiger charge is -2.19. The lowest BCUT2D eigenvalue weighted by Crippen LogP contribution is -2.31. The molecule has 0 spiro atoms. The van der Waals surface area contributed by atoms with Crippen LogP contribution in [0.1, 0.15) is 30.0 Å². The molecule has 2 N–H and O–H groups in total. The van der Waals surface area contributed by atoms with E-state index in [4.69, 9.17) is 4.74 Å². The zero-order valence-electron chi connectivity index (χ0n) is 17.2. The highest BCUT2D eigenvalue weighted by atomic mass is 32.2. The van der Waals surface area contributed by atoms with Gasteiger partial charge in [-0.05, 0) is 30.4 Å². The molecule has 7 nitrogen and oxygen atoms in total. The zero-order valence-corrected chi connectivity index (χ0v) is 18.0. The Hall–Kier alpha value is -2.84. The molecule has 2 aromatic carbocycles. The standard InChI is InChI=1S/C23H26N4O3S/c28-21(16-31-23-26-25-22(29)27(23)15-19-12-7-13-30-19)24-20(18-10-5-2-6-11-18)14-17-8-3-1-4-9-17/h1-6,8-11,19-20H,7,12-16H2,(H,24,28)(H,25,29)/t19-,20-/m0/s1. The van der Waals surface area contributed by atoms with Gasteiger partial charge in [-0.15, -0.1) is 5.10 Å². The van der Waals surface area contributed by atoms with E-state index >= 15 is 0 Å². The average molecular weight is 439 g/mol. The largest absolute Gasteiger partial charge is 0.376 e. The summed E-state index contributed by atoms with van der Waals surface area (Å²) in [6.07, 6.45) is 2.66. The van der Waals surface area contributed by atoms with Crippen molar-refractivity contribution in [3.05, 3.63) is 82.3 Å². The minimum atomic E-state index is -0.273. The van der Waals surface area contributed by atoms with E-state index in [1.165, 1.54) is 11.8 Å². The first-order valence-corrected chi connectivity index (χ1v) is 11.5. The van der Waals surface area contributed by atoms with Crippen molar-refractivity contribution >= 4 is 17.7 Å². The first kappa shape index (κ1) is 21.4. The van der Waals surface area contributed by atoms with Crippen LogP contribution in [0.25, 0.3) is 0 Å². The Morgan fingerprint density at radius 1 is 1.19 bits per heavy atom. The maximum absolute atomic E-state index is 12.8. The van der Waals surface area contributed by atoms with Crippen molar-refractivity contribution in [2.24, 2.45) is 0 Å². The number of ether oxygens (including phenoxy) is 1. The van der Waals surface area contributed by atoms with Crippen molar-refractivity contribution in [3.8, 4) is 0 Å². The van der Waals surface area contributed by atoms with Gasteiger partial charge in [0, 0.05) is 6.61 Å². The summed E-state index contributed by atoms with van der Waals surface area (Å²) in [7, 11) is 0. The second-order valence-corrected chi connectivity index (χ2v) is 8.51. The predicted molar refractivity (Wildman–Crippen MR) is 120 cm³/mol. The minimum absolute atomic E-state index is 0.0248. The Balaban J connectivity index is 1.40. The molecule has 4 rings (SSSR count). The van der Waals surface area contributed by atoms with Crippen molar-refractivity contribution in [2.45, 2.75) is 43.1 Å². The van der Waals surface area contributed by atoms with Gasteiger partial charge < -0.3 is 10.1 Å². The van der Waals surface area contributed by atoms with Crippen LogP contribution in [0.15, 0.2) is 70.6 Å². The molecule has 2 heterocycles. The Morgan fingerprint density at radius 2 is 1.94 bits per heavy atom. The van der Waals surface area contributed by atoms with Crippen molar-refractivity contribution < 1.29 is 9.53 Å². The van der Waals surface area contributed by atoms with E-state index in [1.54, 1.807) is 4.57 Å². The number of hydrogen-bond donors (Lipinski definition) is 2. The van der Waals surface area contributed by atoms with Gasteiger partial charge in [0.2, 0.25) is 5.91 Å². The number of amides is 1. The second-order valence-electron chi connectivity index (χ2n) is 7.57. The topological polar surface area (TPSA) is 89.0 Å². The van der Waals surface area contributed by atoms with Crippen molar-refractivity contribution in [3.63, 3.8) is 0 Å². The van der Waals surface area contributed by atoms with Crippen molar-refractivity contribution in [1.82, 2.24) is 20.1 Å². The van der Waals surface area contributed by atoms with Gasteiger partial charge in [0.15, 0.2) is 5.16 Å². The molecule has 1 aromatic heterocycles. The number of aromatic amines is 1. The number of thioether (sulfide) groups is 1. The summed E-state index contributed by atoms with van der Waals surface area (Å²) < 4.78 is 7.19. The molecule has 0 bridgehead atoms. The third-order valence-corrected chi connectivity index (χ3v) is 6.26. The van der Waals surface area contributed by atoms with Crippen LogP contribution in [0.2, 0.25) is 0 Å². The third-order valence-electron chi connectivity index (χ3n) is 5.29. The van der Waals surface area contributed by atoms with Gasteiger partial charge in [-0.25, -0.2) is 9.89 Å². The summed E-state index contributed by atoms with van der Waals surface area (Å²) in [5.41, 5.74) is 1.94. The lowest BCUT2D eigenvalue weighted by molar-refractivity contribution is -0.119. The van der Waals surface area contributed by atoms with Crippen LogP contribution >= 0.6 is 11.8 Å². The number of hydrogen-bond acceptors (Lipinski definition) is 5. The molecule has 0 aliphatic carbocycles. The molecule has 1 amide bonds. The molecule has 3 aromatic rings. The molecule has 8 heteroatoms. The second kappa shape index (κ2) is 10.5. The molecular formula is C23H26N4O3S. The van der Waals surface area contributed by atoms with E-state index < -0.39 is 0 Å². The number of nitrogens with one attached hydrogen (secondary N) is 2. The summed E-state index contributed by atoms with van der Waals surface area (Å²) in [6.45, 7) is 1.18. The normalized spacial score (nSPS) is 16.8. The predicted octanol–water partition coefficient (Wildman–Crippen LogP) is 2.94. The number of rotatable bonds is 9. The number of carbonyl (C=O) groups is 1. The van der Waals surface area contributed by atoms with Crippen LogP contribution in [0.5, 0.6) is 0 Å². The van der Waals surface area contributed by atoms with Gasteiger partial charge in [0.1, 0.15) is 0 Å². The summed E-state index contributed by atoms with van der Waals surface area (Å²) >= 11 is 1.26. The number of H-pyrrole nitrogens is 1. The van der Waals surface area contributed by atoms with Gasteiger partial charge in [-0.3, -0.25) is 9.36 Å². The fourth-order valence-corrected chi connectivity index (χ4v) is 4.49. The smallest absolute Gasteiger partial charge is 0.344 e. The molecular weight excluding hydrogens is 412 g/mol. The van der Waals surface area contributed by atoms with E-state index in [-0.39, 0.29) is 29.5 Å². The van der Waals surface area contributed by atoms with Crippen molar-refractivity contribution in [1.29, 1.82) is 0 Å². The van der Waals surface area contributed by atoms with E-state index in [0.29, 0.717) is 18.1 Å². The fourth-order valence-electron chi connectivity index (χ4n) is 3.72. The first-order valence-electron chi connectivity index (χ1n) is 10.5. The van der Waals surface area contributed by atoms with Crippen LogP contribution < -0.4 is 11.0 Å². The van der Waals surface area contributed by atoms with Crippen LogP contribution in [-0.2, 0) is 22.5 Å². The van der Waals surface area contributed by atoms with Crippen LogP contribution in [0, 0.1) is 0 Å². The molecule has 31 heavy (non-hydrogen) atoms. The molecule has 1 saturated heterocycles. The average Bonchev–Trinajstić information content (AvgIpc) is 3.44. The Bertz CT molecular complexity index is 1030. The Morgan fingerprint density at radius 3 is 2.65 bits per heavy atom. The van der Waals surface area contributed by atoms with Crippen LogP contribution in [-0.4, -0.2) is 39.1 Å². The summed E-state index contributed by atoms with van der Waals surface area (Å²) in [6, 6.07) is 19.9. The highest BCUT2D eigenvalue weighted by molar-refractivity contribution is 7.99. The van der Waals surface area contributed by atoms with E-state index in [1.807, 2.05) is 48.5 Å². The molecule has 162 valence electrons. The summed E-state index contributed by atoms with van der Waals surface area (Å²) in [5, 5.41) is 10.2. The third kappa shape index (κ3) is 5.86. The minimum Gasteiger partial charge on any atom is -0.376 e. The highest BCUT2D eigenvalue weighted by Crippen LogP contribution is 2.21. The van der Waals surface area contributed by atoms with Crippen LogP contribution in [0.3, 0.4) is 0 Å². The van der Waals surface area contributed by atoms with Gasteiger partial charge in [0.25, 0.3) is 0 Å². The van der Waals surface area contributed by atoms with Gasteiger partial charge in [-0.2, -0.15) is 0 Å². The van der Waals surface area contributed by atoms with E-state index in [2.05, 4.69) is 27.6 Å². The first-order chi connectivity index (χ1) is 15.2. The van der Waals surface area contributed by atoms with Crippen LogP contribution in [0.4, 0.5) is 0 Å². The molecule has 0 radical (unpaired) electrons. The van der Waals surface area contributed by atoms with E-state index in [0.717, 1.165) is 30.6 Å². The summed E-state index contributed by atoms with van der Waals surface area (Å²) in [4.78, 5) is 24.9. The molecule has 0 unspecified atom stereocenters. The fraction of sp³-hybridized carbons (Fsp3) is 0.348. The zero-order chi connectivity index (χ0) is 21.5. The lowest BCUT2D eigenvalue weighted by atomic mass is 9.99. The Labute approximate surface area is 185 Å². The SMILES string of the molecule is O=C(CSc1n[nH]c(=O)n1C[C@@H]1CCCO1)N[C@@H](Cc1ccccc1)c1ccccc1. The molecule has 1 aliphatic heterocycles.